The maximum atomic E-state index is 8.82. The zero-order valence-electron chi connectivity index (χ0n) is 11.2. The molecule has 0 aliphatic carbocycles. The van der Waals surface area contributed by atoms with E-state index in [4.69, 9.17) is 21.3 Å². The molecule has 2 aromatic rings. The number of para-hydroxylation sites is 2. The van der Waals surface area contributed by atoms with Crippen molar-refractivity contribution in [3.63, 3.8) is 0 Å². The van der Waals surface area contributed by atoms with Gasteiger partial charge in [-0.15, -0.1) is 0 Å². The lowest BCUT2D eigenvalue weighted by Crippen LogP contribution is -2.07. The first-order valence-corrected chi connectivity index (χ1v) is 6.41. The quantitative estimate of drug-likeness (QED) is 0.602. The Morgan fingerprint density at radius 3 is 2.70 bits per heavy atom. The fourth-order valence-electron chi connectivity index (χ4n) is 1.86. The van der Waals surface area contributed by atoms with Gasteiger partial charge in [-0.25, -0.2) is 0 Å². The zero-order valence-corrected chi connectivity index (χ0v) is 11.2. The van der Waals surface area contributed by atoms with E-state index in [1.54, 1.807) is 12.1 Å². The predicted molar refractivity (Wildman–Crippen MR) is 81.6 cm³/mol. The number of aliphatic hydroxyl groups is 1. The first kappa shape index (κ1) is 14.0. The SMILES string of the molecule is Nc1ccc(N)c(CNc2ccccc2OCCO)c1. The van der Waals surface area contributed by atoms with E-state index in [1.807, 2.05) is 30.3 Å². The number of ether oxygens (including phenoxy) is 1. The Hall–Kier alpha value is -2.40. The Balaban J connectivity index is 2.08. The predicted octanol–water partition coefficient (Wildman–Crippen LogP) is 1.83. The zero-order chi connectivity index (χ0) is 14.4. The number of nitrogen functional groups attached to an aromatic ring is 2. The van der Waals surface area contributed by atoms with Gasteiger partial charge >= 0.3 is 0 Å². The van der Waals surface area contributed by atoms with Gasteiger partial charge in [0.2, 0.25) is 0 Å². The van der Waals surface area contributed by atoms with Crippen molar-refractivity contribution in [2.45, 2.75) is 6.54 Å². The van der Waals surface area contributed by atoms with Gasteiger partial charge in [0.25, 0.3) is 0 Å². The number of hydrogen-bond donors (Lipinski definition) is 4. The molecule has 0 amide bonds. The van der Waals surface area contributed by atoms with E-state index in [-0.39, 0.29) is 13.2 Å². The lowest BCUT2D eigenvalue weighted by molar-refractivity contribution is 0.202. The van der Waals surface area contributed by atoms with Gasteiger partial charge in [-0.3, -0.25) is 0 Å². The molecular formula is C15H19N3O2. The molecule has 0 bridgehead atoms. The molecule has 0 saturated heterocycles. The fraction of sp³-hybridized carbons (Fsp3) is 0.200. The van der Waals surface area contributed by atoms with E-state index in [2.05, 4.69) is 5.32 Å². The highest BCUT2D eigenvalue weighted by Crippen LogP contribution is 2.25. The number of anilines is 3. The molecule has 0 heterocycles. The van der Waals surface area contributed by atoms with Crippen molar-refractivity contribution < 1.29 is 9.84 Å². The molecule has 106 valence electrons. The van der Waals surface area contributed by atoms with Gasteiger partial charge in [0, 0.05) is 17.9 Å². The number of hydrogen-bond acceptors (Lipinski definition) is 5. The van der Waals surface area contributed by atoms with Crippen LogP contribution < -0.4 is 21.5 Å². The van der Waals surface area contributed by atoms with E-state index >= 15 is 0 Å². The number of nitrogens with one attached hydrogen (secondary N) is 1. The number of benzene rings is 2. The monoisotopic (exact) mass is 273 g/mol. The van der Waals surface area contributed by atoms with Crippen molar-refractivity contribution in [2.24, 2.45) is 0 Å². The van der Waals surface area contributed by atoms with Crippen LogP contribution in [-0.4, -0.2) is 18.3 Å². The Morgan fingerprint density at radius 2 is 1.90 bits per heavy atom. The van der Waals surface area contributed by atoms with Gasteiger partial charge in [0.1, 0.15) is 12.4 Å². The maximum absolute atomic E-state index is 8.82. The van der Waals surface area contributed by atoms with Crippen LogP contribution in [0.3, 0.4) is 0 Å². The Labute approximate surface area is 118 Å². The molecule has 2 aromatic carbocycles. The highest BCUT2D eigenvalue weighted by molar-refractivity contribution is 5.60. The molecule has 5 nitrogen and oxygen atoms in total. The van der Waals surface area contributed by atoms with Gasteiger partial charge in [-0.2, -0.15) is 0 Å². The van der Waals surface area contributed by atoms with E-state index in [9.17, 15) is 0 Å². The standard InChI is InChI=1S/C15H19N3O2/c16-12-5-6-13(17)11(9-12)10-18-14-3-1-2-4-15(14)20-8-7-19/h1-6,9,18-19H,7-8,10,16-17H2. The maximum Gasteiger partial charge on any atom is 0.142 e. The largest absolute Gasteiger partial charge is 0.489 e. The second kappa shape index (κ2) is 6.68. The number of nitrogens with two attached hydrogens (primary N) is 2. The third-order valence-corrected chi connectivity index (χ3v) is 2.87. The molecule has 2 rings (SSSR count). The van der Waals surface area contributed by atoms with Gasteiger partial charge in [0.05, 0.1) is 12.3 Å². The fourth-order valence-corrected chi connectivity index (χ4v) is 1.86. The normalized spacial score (nSPS) is 10.2. The molecule has 0 spiro atoms. The van der Waals surface area contributed by atoms with Crippen LogP contribution in [0.1, 0.15) is 5.56 Å². The summed E-state index contributed by atoms with van der Waals surface area (Å²) in [5.41, 5.74) is 14.8. The Morgan fingerprint density at radius 1 is 1.10 bits per heavy atom. The molecule has 20 heavy (non-hydrogen) atoms. The Bertz CT molecular complexity index is 573. The van der Waals surface area contributed by atoms with Crippen LogP contribution >= 0.6 is 0 Å². The van der Waals surface area contributed by atoms with Gasteiger partial charge in [-0.1, -0.05) is 12.1 Å². The Kier molecular flexibility index (Phi) is 4.68. The summed E-state index contributed by atoms with van der Waals surface area (Å²) in [6.07, 6.45) is 0. The highest BCUT2D eigenvalue weighted by atomic mass is 16.5. The summed E-state index contributed by atoms with van der Waals surface area (Å²) in [7, 11) is 0. The summed E-state index contributed by atoms with van der Waals surface area (Å²) in [5.74, 6) is 0.698. The van der Waals surface area contributed by atoms with E-state index in [1.165, 1.54) is 0 Å². The molecular weight excluding hydrogens is 254 g/mol. The minimum Gasteiger partial charge on any atom is -0.489 e. The van der Waals surface area contributed by atoms with Crippen LogP contribution in [0.5, 0.6) is 5.75 Å². The van der Waals surface area contributed by atoms with E-state index in [0.29, 0.717) is 23.7 Å². The summed E-state index contributed by atoms with van der Waals surface area (Å²) < 4.78 is 5.46. The van der Waals surface area contributed by atoms with Crippen LogP contribution in [0, 0.1) is 0 Å². The molecule has 0 saturated carbocycles. The topological polar surface area (TPSA) is 93.5 Å². The minimum absolute atomic E-state index is 0.0174. The second-order valence-corrected chi connectivity index (χ2v) is 4.38. The first-order valence-electron chi connectivity index (χ1n) is 6.41. The van der Waals surface area contributed by atoms with Crippen molar-refractivity contribution in [2.75, 3.05) is 30.0 Å². The molecule has 0 aliphatic rings. The van der Waals surface area contributed by atoms with Gasteiger partial charge in [0.15, 0.2) is 0 Å². The highest BCUT2D eigenvalue weighted by Gasteiger charge is 2.04. The molecule has 6 N–H and O–H groups in total. The third-order valence-electron chi connectivity index (χ3n) is 2.87. The van der Waals surface area contributed by atoms with Crippen LogP contribution in [-0.2, 0) is 6.54 Å². The third kappa shape index (κ3) is 3.55. The average molecular weight is 273 g/mol. The molecule has 5 heteroatoms. The lowest BCUT2D eigenvalue weighted by atomic mass is 10.1. The minimum atomic E-state index is -0.0174. The van der Waals surface area contributed by atoms with Gasteiger partial charge in [-0.05, 0) is 35.9 Å². The summed E-state index contributed by atoms with van der Waals surface area (Å²) in [5, 5.41) is 12.1. The molecule has 0 aromatic heterocycles. The molecule has 0 fully saturated rings. The van der Waals surface area contributed by atoms with Crippen LogP contribution in [0.25, 0.3) is 0 Å². The van der Waals surface area contributed by atoms with Gasteiger partial charge < -0.3 is 26.6 Å². The van der Waals surface area contributed by atoms with Crippen molar-refractivity contribution in [1.82, 2.24) is 0 Å². The van der Waals surface area contributed by atoms with Crippen LogP contribution in [0.15, 0.2) is 42.5 Å². The van der Waals surface area contributed by atoms with Crippen molar-refractivity contribution in [3.05, 3.63) is 48.0 Å². The van der Waals surface area contributed by atoms with Crippen molar-refractivity contribution in [1.29, 1.82) is 0 Å². The van der Waals surface area contributed by atoms with Crippen LogP contribution in [0.2, 0.25) is 0 Å². The van der Waals surface area contributed by atoms with Crippen molar-refractivity contribution in [3.8, 4) is 5.75 Å². The smallest absolute Gasteiger partial charge is 0.142 e. The summed E-state index contributed by atoms with van der Waals surface area (Å²) in [4.78, 5) is 0. The summed E-state index contributed by atoms with van der Waals surface area (Å²) in [6, 6.07) is 13.0. The second-order valence-electron chi connectivity index (χ2n) is 4.38. The first-order chi connectivity index (χ1) is 9.70. The van der Waals surface area contributed by atoms with E-state index < -0.39 is 0 Å². The lowest BCUT2D eigenvalue weighted by Gasteiger charge is -2.13. The average Bonchev–Trinajstić information content (AvgIpc) is 2.47. The van der Waals surface area contributed by atoms with Crippen LogP contribution in [0.4, 0.5) is 17.1 Å². The molecule has 0 aliphatic heterocycles. The molecule has 0 radical (unpaired) electrons. The van der Waals surface area contributed by atoms with E-state index in [0.717, 1.165) is 11.3 Å². The molecule has 0 unspecified atom stereocenters. The number of rotatable bonds is 6. The number of aliphatic hydroxyl groups excluding tert-OH is 1. The molecule has 0 atom stereocenters. The van der Waals surface area contributed by atoms with Crippen molar-refractivity contribution >= 4 is 17.1 Å². The summed E-state index contributed by atoms with van der Waals surface area (Å²) >= 11 is 0. The summed E-state index contributed by atoms with van der Waals surface area (Å²) in [6.45, 7) is 0.798.